The Bertz CT molecular complexity index is 1390. The largest absolute Gasteiger partial charge is 0.294 e. The number of rotatable bonds is 12. The van der Waals surface area contributed by atoms with E-state index in [0.29, 0.717) is 5.41 Å². The molecule has 0 N–H and O–H groups in total. The van der Waals surface area contributed by atoms with Crippen LogP contribution in [-0.2, 0) is 0 Å². The second kappa shape index (κ2) is 24.0. The fourth-order valence-corrected chi connectivity index (χ4v) is 22.6. The smallest absolute Gasteiger partial charge is 0.0104 e. The number of fused-ring (bicyclic) bond motifs is 5. The van der Waals surface area contributed by atoms with Crippen molar-refractivity contribution in [3.63, 3.8) is 0 Å². The van der Waals surface area contributed by atoms with Gasteiger partial charge in [0.2, 0.25) is 0 Å². The van der Waals surface area contributed by atoms with Crippen molar-refractivity contribution < 1.29 is 0 Å². The molecule has 0 aromatic rings. The molecule has 0 bridgehead atoms. The van der Waals surface area contributed by atoms with E-state index in [-0.39, 0.29) is 0 Å². The fourth-order valence-electron chi connectivity index (χ4n) is 22.6. The van der Waals surface area contributed by atoms with Gasteiger partial charge in [-0.25, -0.2) is 0 Å². The van der Waals surface area contributed by atoms with Crippen LogP contribution >= 0.6 is 0 Å². The summed E-state index contributed by atoms with van der Waals surface area (Å²) in [5.74, 6) is 4.21. The minimum atomic E-state index is 0.678. The average molecular weight is 964 g/mol. The van der Waals surface area contributed by atoms with Gasteiger partial charge in [0.05, 0.1) is 0 Å². The van der Waals surface area contributed by atoms with Crippen LogP contribution in [0.2, 0.25) is 0 Å². The Morgan fingerprint density at radius 2 is 0.386 bits per heavy atom. The molecule has 0 radical (unpaired) electrons. The lowest BCUT2D eigenvalue weighted by molar-refractivity contribution is -0.0488. The van der Waals surface area contributed by atoms with E-state index in [1.807, 2.05) is 0 Å². The molecule has 0 saturated heterocycles. The van der Waals surface area contributed by atoms with Crippen molar-refractivity contribution in [2.75, 3.05) is 0 Å². The third kappa shape index (κ3) is 10.8. The molecular weight excluding hydrogens is 849 g/mol. The molecule has 4 nitrogen and oxygen atoms in total. The molecule has 12 saturated carbocycles. The Morgan fingerprint density at radius 3 is 0.643 bits per heavy atom. The first-order valence-electron chi connectivity index (χ1n) is 33.8. The van der Waals surface area contributed by atoms with Crippen LogP contribution in [0.25, 0.3) is 0 Å². The summed E-state index contributed by atoms with van der Waals surface area (Å²) in [6, 6.07) is 10.8. The molecule has 0 amide bonds. The molecule has 0 aromatic carbocycles. The molecular formula is C66H114N4. The standard InChI is InChI=1S/C66H114N4/c1-8-22-50(23-9-1)67(51-24-10-2-11-25-51)56-34-38-58(39-35-56)69(54-30-16-5-17-31-54)60-42-44-62-63-45-43-61(49-65(63)66(64(62)48-60)46-20-7-21-47-66)70(55-32-18-6-19-33-55)59-40-36-57(37-41-59)68(52-26-12-3-13-27-52)53-28-14-4-15-29-53/h50-65H,1-49H2. The zero-order chi connectivity index (χ0) is 46.7. The Morgan fingerprint density at radius 1 is 0.186 bits per heavy atom. The molecule has 1 spiro atoms. The molecule has 6 unspecified atom stereocenters. The Balaban J connectivity index is 0.757. The van der Waals surface area contributed by atoms with Crippen LogP contribution in [0.1, 0.15) is 315 Å². The molecule has 12 aliphatic carbocycles. The van der Waals surface area contributed by atoms with Gasteiger partial charge in [-0.3, -0.25) is 19.6 Å². The summed E-state index contributed by atoms with van der Waals surface area (Å²) in [7, 11) is 0. The van der Waals surface area contributed by atoms with Crippen LogP contribution in [0, 0.1) is 29.1 Å². The summed E-state index contributed by atoms with van der Waals surface area (Å²) in [6.07, 6.45) is 75.0. The van der Waals surface area contributed by atoms with Crippen LogP contribution in [0.4, 0.5) is 0 Å². The third-order valence-electron chi connectivity index (χ3n) is 25.4. The minimum Gasteiger partial charge on any atom is -0.294 e. The van der Waals surface area contributed by atoms with Gasteiger partial charge in [-0.2, -0.15) is 0 Å². The zero-order valence-electron chi connectivity index (χ0n) is 46.2. The third-order valence-corrected chi connectivity index (χ3v) is 25.4. The Labute approximate surface area is 433 Å². The van der Waals surface area contributed by atoms with E-state index in [1.165, 1.54) is 250 Å². The van der Waals surface area contributed by atoms with Crippen molar-refractivity contribution in [3.8, 4) is 0 Å². The monoisotopic (exact) mass is 963 g/mol. The normalized spacial score (nSPS) is 39.8. The van der Waals surface area contributed by atoms with Gasteiger partial charge in [0.1, 0.15) is 0 Å². The number of nitrogens with zero attached hydrogens (tertiary/aromatic N) is 4. The van der Waals surface area contributed by atoms with Gasteiger partial charge in [-0.1, -0.05) is 135 Å². The highest BCUT2D eigenvalue weighted by atomic mass is 15.3. The predicted octanol–water partition coefficient (Wildman–Crippen LogP) is 17.3. The molecule has 12 aliphatic rings. The first kappa shape index (κ1) is 50.6. The van der Waals surface area contributed by atoms with Gasteiger partial charge in [0, 0.05) is 72.5 Å². The maximum absolute atomic E-state index is 3.43. The number of hydrogen-bond acceptors (Lipinski definition) is 4. The molecule has 0 heterocycles. The van der Waals surface area contributed by atoms with E-state index < -0.39 is 0 Å². The van der Waals surface area contributed by atoms with Gasteiger partial charge < -0.3 is 0 Å². The maximum atomic E-state index is 3.43. The van der Waals surface area contributed by atoms with Crippen molar-refractivity contribution in [2.45, 2.75) is 387 Å². The predicted molar refractivity (Wildman–Crippen MR) is 295 cm³/mol. The van der Waals surface area contributed by atoms with Crippen LogP contribution in [0.3, 0.4) is 0 Å². The van der Waals surface area contributed by atoms with Gasteiger partial charge >= 0.3 is 0 Å². The highest BCUT2D eigenvalue weighted by Gasteiger charge is 2.63. The topological polar surface area (TPSA) is 13.0 Å². The molecule has 0 aromatic heterocycles. The minimum absolute atomic E-state index is 0.678. The van der Waals surface area contributed by atoms with Crippen molar-refractivity contribution >= 4 is 0 Å². The zero-order valence-corrected chi connectivity index (χ0v) is 46.2. The molecule has 70 heavy (non-hydrogen) atoms. The van der Waals surface area contributed by atoms with Crippen LogP contribution in [0.5, 0.6) is 0 Å². The van der Waals surface area contributed by atoms with E-state index in [0.717, 1.165) is 96.2 Å². The average Bonchev–Trinajstić information content (AvgIpc) is 3.68. The van der Waals surface area contributed by atoms with E-state index in [1.54, 1.807) is 64.2 Å². The lowest BCUT2D eigenvalue weighted by Gasteiger charge is -2.54. The molecule has 0 aliphatic heterocycles. The van der Waals surface area contributed by atoms with E-state index in [9.17, 15) is 0 Å². The Hall–Kier alpha value is -0.160. The van der Waals surface area contributed by atoms with Gasteiger partial charge in [0.25, 0.3) is 0 Å². The molecule has 398 valence electrons. The van der Waals surface area contributed by atoms with E-state index in [4.69, 9.17) is 0 Å². The molecule has 12 rings (SSSR count). The maximum Gasteiger partial charge on any atom is 0.0104 e. The Kier molecular flexibility index (Phi) is 17.4. The number of hydrogen-bond donors (Lipinski definition) is 0. The second-order valence-electron chi connectivity index (χ2n) is 28.7. The van der Waals surface area contributed by atoms with E-state index in [2.05, 4.69) is 19.6 Å². The van der Waals surface area contributed by atoms with Gasteiger partial charge in [0.15, 0.2) is 0 Å². The quantitative estimate of drug-likeness (QED) is 0.193. The van der Waals surface area contributed by atoms with Crippen LogP contribution < -0.4 is 0 Å². The molecule has 6 atom stereocenters. The van der Waals surface area contributed by atoms with Crippen molar-refractivity contribution in [2.24, 2.45) is 29.1 Å². The van der Waals surface area contributed by atoms with E-state index >= 15 is 0 Å². The van der Waals surface area contributed by atoms with Gasteiger partial charge in [-0.15, -0.1) is 0 Å². The first-order valence-corrected chi connectivity index (χ1v) is 33.8. The highest BCUT2D eigenvalue weighted by molar-refractivity contribution is 5.13. The summed E-state index contributed by atoms with van der Waals surface area (Å²) in [4.78, 5) is 13.4. The fraction of sp³-hybridized carbons (Fsp3) is 1.00. The van der Waals surface area contributed by atoms with Crippen LogP contribution in [-0.4, -0.2) is 92.1 Å². The molecule has 12 fully saturated rings. The highest BCUT2D eigenvalue weighted by Crippen LogP contribution is 2.69. The first-order chi connectivity index (χ1) is 34.7. The SMILES string of the molecule is C1CCC(N(C2CCCCC2)C2CCC(N(C3CCCCC3)C3CCC4C5CCC(N(C6CCCCC6)C6CCC(N(C7CCCCC7)C7CCCCC7)CC6)CC5C5(CCCCC5)C4C3)CC2)CC1. The lowest BCUT2D eigenvalue weighted by Crippen LogP contribution is -2.57. The lowest BCUT2D eigenvalue weighted by atomic mass is 9.57. The van der Waals surface area contributed by atoms with Gasteiger partial charge in [-0.05, 0) is 209 Å². The summed E-state index contributed by atoms with van der Waals surface area (Å²) in [6.45, 7) is 0. The summed E-state index contributed by atoms with van der Waals surface area (Å²) in [5, 5.41) is 0. The van der Waals surface area contributed by atoms with Crippen molar-refractivity contribution in [1.29, 1.82) is 0 Å². The van der Waals surface area contributed by atoms with Crippen molar-refractivity contribution in [1.82, 2.24) is 19.6 Å². The second-order valence-corrected chi connectivity index (χ2v) is 28.7. The summed E-state index contributed by atoms with van der Waals surface area (Å²) >= 11 is 0. The van der Waals surface area contributed by atoms with Crippen molar-refractivity contribution in [3.05, 3.63) is 0 Å². The summed E-state index contributed by atoms with van der Waals surface area (Å²) < 4.78 is 0. The van der Waals surface area contributed by atoms with Crippen LogP contribution in [0.15, 0.2) is 0 Å². The molecule has 4 heteroatoms. The summed E-state index contributed by atoms with van der Waals surface area (Å²) in [5.41, 5.74) is 0.678.